The molecule has 0 N–H and O–H groups in total. The molecule has 0 saturated carbocycles. The van der Waals surface area contributed by atoms with Crippen LogP contribution in [-0.2, 0) is 13.2 Å². The molecule has 3 aromatic rings. The first-order chi connectivity index (χ1) is 15.4. The van der Waals surface area contributed by atoms with Crippen LogP contribution in [0.1, 0.15) is 33.0 Å². The maximum absolute atomic E-state index is 14.1. The standard InChI is InChI=1S/C25H26ClFN2O3/c1-17-5-3-6-18(2)24(17)31-16-19-9-10-23(32-19)25(30)29-13-11-28(12-14-29)15-20-21(26)7-4-8-22(20)27/h3-10H,11-16H2,1-2H3. The van der Waals surface area contributed by atoms with Crippen molar-refractivity contribution in [2.24, 2.45) is 0 Å². The van der Waals surface area contributed by atoms with Crippen molar-refractivity contribution in [1.29, 1.82) is 0 Å². The predicted molar refractivity (Wildman–Crippen MR) is 122 cm³/mol. The van der Waals surface area contributed by atoms with E-state index in [4.69, 9.17) is 20.8 Å². The molecule has 7 heteroatoms. The lowest BCUT2D eigenvalue weighted by Crippen LogP contribution is -2.48. The number of ether oxygens (including phenoxy) is 1. The van der Waals surface area contributed by atoms with Gasteiger partial charge in [-0.15, -0.1) is 0 Å². The number of furan rings is 1. The van der Waals surface area contributed by atoms with Gasteiger partial charge in [0.25, 0.3) is 5.91 Å². The molecule has 1 amide bonds. The molecule has 1 saturated heterocycles. The van der Waals surface area contributed by atoms with E-state index in [-0.39, 0.29) is 18.3 Å². The molecule has 2 heterocycles. The van der Waals surface area contributed by atoms with E-state index in [1.54, 1.807) is 29.2 Å². The van der Waals surface area contributed by atoms with Gasteiger partial charge in [0.1, 0.15) is 23.9 Å². The van der Waals surface area contributed by atoms with E-state index in [0.717, 1.165) is 16.9 Å². The Hall–Kier alpha value is -2.83. The summed E-state index contributed by atoms with van der Waals surface area (Å²) in [6.07, 6.45) is 0. The van der Waals surface area contributed by atoms with Crippen molar-refractivity contribution in [2.75, 3.05) is 26.2 Å². The van der Waals surface area contributed by atoms with Gasteiger partial charge >= 0.3 is 0 Å². The zero-order valence-electron chi connectivity index (χ0n) is 18.2. The van der Waals surface area contributed by atoms with E-state index in [1.165, 1.54) is 6.07 Å². The summed E-state index contributed by atoms with van der Waals surface area (Å²) in [6, 6.07) is 14.2. The van der Waals surface area contributed by atoms with Crippen LogP contribution in [0.25, 0.3) is 0 Å². The van der Waals surface area contributed by atoms with Crippen LogP contribution in [0, 0.1) is 19.7 Å². The topological polar surface area (TPSA) is 45.9 Å². The predicted octanol–water partition coefficient (Wildman–Crippen LogP) is 5.23. The molecule has 1 aromatic heterocycles. The van der Waals surface area contributed by atoms with Gasteiger partial charge < -0.3 is 14.1 Å². The quantitative estimate of drug-likeness (QED) is 0.509. The van der Waals surface area contributed by atoms with Crippen molar-refractivity contribution < 1.29 is 18.3 Å². The Morgan fingerprint density at radius 2 is 1.72 bits per heavy atom. The van der Waals surface area contributed by atoms with E-state index in [1.807, 2.05) is 32.0 Å². The van der Waals surface area contributed by atoms with Crippen molar-refractivity contribution >= 4 is 17.5 Å². The SMILES string of the molecule is Cc1cccc(C)c1OCc1ccc(C(=O)N2CCN(Cc3c(F)cccc3Cl)CC2)o1. The van der Waals surface area contributed by atoms with Crippen LogP contribution in [0.15, 0.2) is 52.9 Å². The molecule has 1 aliphatic rings. The molecule has 0 bridgehead atoms. The molecule has 1 fully saturated rings. The van der Waals surface area contributed by atoms with Gasteiger partial charge in [-0.2, -0.15) is 0 Å². The highest BCUT2D eigenvalue weighted by molar-refractivity contribution is 6.31. The zero-order valence-corrected chi connectivity index (χ0v) is 19.0. The Morgan fingerprint density at radius 3 is 2.41 bits per heavy atom. The lowest BCUT2D eigenvalue weighted by atomic mass is 10.1. The molecule has 0 aliphatic carbocycles. The molecule has 1 aliphatic heterocycles. The summed E-state index contributed by atoms with van der Waals surface area (Å²) in [4.78, 5) is 16.7. The Kier molecular flexibility index (Phi) is 6.82. The first-order valence-electron chi connectivity index (χ1n) is 10.6. The van der Waals surface area contributed by atoms with Gasteiger partial charge in [-0.25, -0.2) is 4.39 Å². The Labute approximate surface area is 192 Å². The molecule has 168 valence electrons. The number of aryl methyl sites for hydroxylation is 2. The van der Waals surface area contributed by atoms with Crippen molar-refractivity contribution in [3.8, 4) is 5.75 Å². The molecular formula is C25H26ClFN2O3. The second-order valence-corrected chi connectivity index (χ2v) is 8.45. The molecule has 0 atom stereocenters. The van der Waals surface area contributed by atoms with E-state index < -0.39 is 0 Å². The number of benzene rings is 2. The highest BCUT2D eigenvalue weighted by atomic mass is 35.5. The fourth-order valence-electron chi connectivity index (χ4n) is 3.91. The van der Waals surface area contributed by atoms with Crippen LogP contribution in [0.2, 0.25) is 5.02 Å². The minimum absolute atomic E-state index is 0.146. The monoisotopic (exact) mass is 456 g/mol. The summed E-state index contributed by atoms with van der Waals surface area (Å²) in [7, 11) is 0. The summed E-state index contributed by atoms with van der Waals surface area (Å²) < 4.78 is 25.7. The number of hydrogen-bond donors (Lipinski definition) is 0. The summed E-state index contributed by atoms with van der Waals surface area (Å²) >= 11 is 6.14. The molecule has 0 spiro atoms. The normalized spacial score (nSPS) is 14.6. The number of carbonyl (C=O) groups excluding carboxylic acids is 1. The Balaban J connectivity index is 1.31. The smallest absolute Gasteiger partial charge is 0.289 e. The van der Waals surface area contributed by atoms with Gasteiger partial charge in [-0.3, -0.25) is 9.69 Å². The van der Waals surface area contributed by atoms with Gasteiger partial charge in [0.2, 0.25) is 0 Å². The third-order valence-corrected chi connectivity index (χ3v) is 6.10. The number of rotatable bonds is 6. The lowest BCUT2D eigenvalue weighted by Gasteiger charge is -2.34. The van der Waals surface area contributed by atoms with Crippen LogP contribution < -0.4 is 4.74 Å². The highest BCUT2D eigenvalue weighted by Gasteiger charge is 2.25. The minimum atomic E-state index is -0.303. The molecular weight excluding hydrogens is 431 g/mol. The average Bonchev–Trinajstić information content (AvgIpc) is 3.25. The van der Waals surface area contributed by atoms with Crippen LogP contribution in [0.5, 0.6) is 5.75 Å². The van der Waals surface area contributed by atoms with Crippen molar-refractivity contribution in [2.45, 2.75) is 27.0 Å². The third-order valence-electron chi connectivity index (χ3n) is 5.74. The fourth-order valence-corrected chi connectivity index (χ4v) is 4.14. The van der Waals surface area contributed by atoms with E-state index in [9.17, 15) is 9.18 Å². The largest absolute Gasteiger partial charge is 0.485 e. The molecule has 5 nitrogen and oxygen atoms in total. The van der Waals surface area contributed by atoms with Crippen LogP contribution >= 0.6 is 11.6 Å². The van der Waals surface area contributed by atoms with Gasteiger partial charge in [-0.1, -0.05) is 35.9 Å². The molecule has 2 aromatic carbocycles. The summed E-state index contributed by atoms with van der Waals surface area (Å²) in [6.45, 7) is 7.04. The van der Waals surface area contributed by atoms with Gasteiger partial charge in [0, 0.05) is 43.3 Å². The van der Waals surface area contributed by atoms with Gasteiger partial charge in [0.15, 0.2) is 5.76 Å². The van der Waals surface area contributed by atoms with Crippen molar-refractivity contribution in [3.63, 3.8) is 0 Å². The number of carbonyl (C=O) groups is 1. The zero-order chi connectivity index (χ0) is 22.7. The number of para-hydroxylation sites is 1. The Bertz CT molecular complexity index is 1070. The van der Waals surface area contributed by atoms with Crippen LogP contribution in [-0.4, -0.2) is 41.9 Å². The number of piperazine rings is 1. The van der Waals surface area contributed by atoms with E-state index in [0.29, 0.717) is 54.8 Å². The molecule has 0 unspecified atom stereocenters. The number of amides is 1. The fraction of sp³-hybridized carbons (Fsp3) is 0.320. The van der Waals surface area contributed by atoms with Gasteiger partial charge in [-0.05, 0) is 49.2 Å². The maximum atomic E-state index is 14.1. The summed E-state index contributed by atoms with van der Waals surface area (Å²) in [5.74, 6) is 1.29. The number of halogens is 2. The van der Waals surface area contributed by atoms with E-state index in [2.05, 4.69) is 4.90 Å². The molecule has 4 rings (SSSR count). The second-order valence-electron chi connectivity index (χ2n) is 8.04. The second kappa shape index (κ2) is 9.76. The maximum Gasteiger partial charge on any atom is 0.289 e. The summed E-state index contributed by atoms with van der Waals surface area (Å²) in [5.41, 5.74) is 2.61. The number of nitrogens with zero attached hydrogens (tertiary/aromatic N) is 2. The highest BCUT2D eigenvalue weighted by Crippen LogP contribution is 2.24. The lowest BCUT2D eigenvalue weighted by molar-refractivity contribution is 0.0592. The third kappa shape index (κ3) is 4.97. The van der Waals surface area contributed by atoms with Gasteiger partial charge in [0.05, 0.1) is 0 Å². The molecule has 0 radical (unpaired) electrons. The average molecular weight is 457 g/mol. The number of hydrogen-bond acceptors (Lipinski definition) is 4. The van der Waals surface area contributed by atoms with Crippen molar-refractivity contribution in [1.82, 2.24) is 9.80 Å². The first kappa shape index (κ1) is 22.4. The Morgan fingerprint density at radius 1 is 1.03 bits per heavy atom. The first-order valence-corrected chi connectivity index (χ1v) is 11.0. The van der Waals surface area contributed by atoms with Crippen LogP contribution in [0.3, 0.4) is 0 Å². The van der Waals surface area contributed by atoms with Crippen LogP contribution in [0.4, 0.5) is 4.39 Å². The summed E-state index contributed by atoms with van der Waals surface area (Å²) in [5, 5.41) is 0.426. The minimum Gasteiger partial charge on any atom is -0.485 e. The van der Waals surface area contributed by atoms with Crippen molar-refractivity contribution in [3.05, 3.63) is 87.6 Å². The molecule has 32 heavy (non-hydrogen) atoms. The van der Waals surface area contributed by atoms with E-state index >= 15 is 0 Å².